The standard InChI is InChI=1S/C29H34F2O3S.2C26H32F2O2S.C19H20OS.C7H14F2O2.C3H3ClO/c1-3-5-6-9-22-10-12-23(13-11-22)26-20-24-14-15-25(21-27(24)35-26)33-18-7-16-29(30,31)17-8-19-34-28(32)4-2;2*1-2-3-4-7-20-8-10-21(11-9-20)24-18-22-12-13-23(19-25(22)31-24)30-17-6-15-26(27,28)14-5-16-29;1-2-3-4-5-14-6-8-15(9-7-14)18-12-16-10-11-17(20)13-19(16)21-18;8-7(9,3-1-5-10)4-2-6-11;1-2-3(4)5/h4,10-15,20-21H,2-3,5-9,16-19H2,1H3;2*8-13,18-19,29H,2-7,14-17H2,1H3;6-13,20H,2-5H2,1H3;10-11H,1-6H2;2H,1H2. The highest BCUT2D eigenvalue weighted by Gasteiger charge is 2.31. The van der Waals surface area contributed by atoms with Gasteiger partial charge in [0, 0.05) is 122 Å². The Labute approximate surface area is 808 Å². The minimum Gasteiger partial charge on any atom is -0.508 e. The fourth-order valence-electron chi connectivity index (χ4n) is 14.5. The molecule has 24 heteroatoms. The van der Waals surface area contributed by atoms with E-state index in [1.54, 1.807) is 51.4 Å². The van der Waals surface area contributed by atoms with Gasteiger partial charge >= 0.3 is 5.97 Å². The second-order valence-electron chi connectivity index (χ2n) is 33.5. The van der Waals surface area contributed by atoms with Gasteiger partial charge in [-0.2, -0.15) is 0 Å². The molecular formula is C110H135ClF8O11S4. The molecule has 0 unspecified atom stereocenters. The highest BCUT2D eigenvalue weighted by molar-refractivity contribution is 7.23. The van der Waals surface area contributed by atoms with Crippen LogP contribution in [-0.4, -0.2) is 113 Å². The van der Waals surface area contributed by atoms with E-state index in [9.17, 15) is 49.8 Å². The number of hydrogen-bond acceptors (Lipinski definition) is 15. The summed E-state index contributed by atoms with van der Waals surface area (Å²) in [5, 5.41) is 47.7. The Hall–Kier alpha value is -9.01. The van der Waals surface area contributed by atoms with Gasteiger partial charge in [-0.25, -0.2) is 39.9 Å². The Morgan fingerprint density at radius 2 is 0.560 bits per heavy atom. The van der Waals surface area contributed by atoms with Crippen LogP contribution in [0.15, 0.2) is 219 Å². The molecule has 0 bridgehead atoms. The number of carbonyl (C=O) groups is 2. The molecule has 0 aliphatic rings. The average Bonchev–Trinajstić information content (AvgIpc) is 1.67. The molecule has 0 amide bonds. The monoisotopic (exact) mass is 1950 g/mol. The number of thiophene rings is 4. The molecule has 0 saturated carbocycles. The molecule has 0 fully saturated rings. The van der Waals surface area contributed by atoms with Crippen LogP contribution in [0.5, 0.6) is 23.0 Å². The molecule has 0 atom stereocenters. The molecule has 0 aliphatic heterocycles. The first-order chi connectivity index (χ1) is 64.6. The second-order valence-corrected chi connectivity index (χ2v) is 38.2. The van der Waals surface area contributed by atoms with E-state index in [1.165, 1.54) is 153 Å². The van der Waals surface area contributed by atoms with E-state index in [4.69, 9.17) is 51.0 Å². The molecule has 4 heterocycles. The largest absolute Gasteiger partial charge is 0.508 e. The number of alkyl halides is 8. The SMILES string of the molecule is C=CC(=O)Cl.C=CC(=O)OCCCC(F)(F)CCCOc1ccc2cc(-c3ccc(CCCCC)cc3)sc2c1.CCCCCc1ccc(-c2cc3ccc(O)cc3s2)cc1.CCCCCc1ccc(-c2cc3ccc(OCCCC(F)(F)CCCO)cc3s2)cc1.CCCCCc1ccc(-c2cc3ccc(OCCCC(F)(F)CCCO)cc3s2)cc1.OCCCC(F)(F)CCCO. The molecule has 728 valence electrons. The minimum absolute atomic E-state index is 0.0249. The zero-order chi connectivity index (χ0) is 97.0. The maximum absolute atomic E-state index is 14.0. The van der Waals surface area contributed by atoms with Gasteiger partial charge in [0.1, 0.15) is 23.0 Å². The number of ether oxygens (including phenoxy) is 4. The number of rotatable bonds is 53. The zero-order valence-corrected chi connectivity index (χ0v) is 82.1. The van der Waals surface area contributed by atoms with E-state index in [0.29, 0.717) is 23.0 Å². The van der Waals surface area contributed by atoms with Crippen molar-refractivity contribution in [1.29, 1.82) is 0 Å². The van der Waals surface area contributed by atoms with Crippen LogP contribution in [0.1, 0.15) is 230 Å². The van der Waals surface area contributed by atoms with E-state index >= 15 is 0 Å². The summed E-state index contributed by atoms with van der Waals surface area (Å²) in [6, 6.07) is 67.4. The Bertz CT molecular complexity index is 5180. The van der Waals surface area contributed by atoms with Gasteiger partial charge in [-0.1, -0.05) is 189 Å². The summed E-state index contributed by atoms with van der Waals surface area (Å²) in [4.78, 5) is 25.3. The predicted octanol–water partition coefficient (Wildman–Crippen LogP) is 32.5. The maximum Gasteiger partial charge on any atom is 0.330 e. The van der Waals surface area contributed by atoms with Gasteiger partial charge < -0.3 is 44.5 Å². The van der Waals surface area contributed by atoms with Crippen molar-refractivity contribution in [3.63, 3.8) is 0 Å². The molecule has 0 aliphatic carbocycles. The van der Waals surface area contributed by atoms with Crippen molar-refractivity contribution in [2.75, 3.05) is 52.9 Å². The Kier molecular flexibility index (Phi) is 51.2. The first-order valence-electron chi connectivity index (χ1n) is 47.2. The molecule has 0 spiro atoms. The topological polar surface area (TPSA) is 172 Å². The van der Waals surface area contributed by atoms with Crippen LogP contribution in [0, 0.1) is 0 Å². The number of allylic oxidation sites excluding steroid dienone is 1. The molecule has 0 radical (unpaired) electrons. The molecule has 0 saturated heterocycles. The smallest absolute Gasteiger partial charge is 0.330 e. The molecule has 11 nitrogen and oxygen atoms in total. The number of aryl methyl sites for hydroxylation is 4. The first-order valence-corrected chi connectivity index (χ1v) is 50.9. The number of fused-ring (bicyclic) bond motifs is 4. The van der Waals surface area contributed by atoms with Gasteiger partial charge in [0.2, 0.25) is 28.9 Å². The van der Waals surface area contributed by atoms with Crippen LogP contribution >= 0.6 is 56.9 Å². The molecule has 12 rings (SSSR count). The number of aliphatic hydroxyl groups excluding tert-OH is 4. The Morgan fingerprint density at radius 3 is 0.799 bits per heavy atom. The molecule has 8 aromatic carbocycles. The van der Waals surface area contributed by atoms with E-state index in [2.05, 4.69) is 162 Å². The van der Waals surface area contributed by atoms with Gasteiger partial charge in [0.15, 0.2) is 0 Å². The third kappa shape index (κ3) is 42.7. The first kappa shape index (κ1) is 112. The van der Waals surface area contributed by atoms with Crippen LogP contribution in [-0.2, 0) is 40.0 Å². The van der Waals surface area contributed by atoms with Crippen molar-refractivity contribution in [3.05, 3.63) is 242 Å². The number of benzene rings is 8. The van der Waals surface area contributed by atoms with Crippen molar-refractivity contribution >= 4 is 109 Å². The Balaban J connectivity index is 0.000000233. The third-order valence-corrected chi connectivity index (χ3v) is 26.9. The highest BCUT2D eigenvalue weighted by Crippen LogP contribution is 2.42. The van der Waals surface area contributed by atoms with Crippen LogP contribution in [0.3, 0.4) is 0 Å². The van der Waals surface area contributed by atoms with Crippen LogP contribution in [0.25, 0.3) is 82.1 Å². The fourth-order valence-corrected chi connectivity index (χ4v) is 18.9. The number of phenols is 1. The second kappa shape index (κ2) is 61.2. The zero-order valence-electron chi connectivity index (χ0n) is 78.0. The molecule has 12 aromatic rings. The van der Waals surface area contributed by atoms with Crippen molar-refractivity contribution < 1.29 is 89.2 Å². The van der Waals surface area contributed by atoms with Gasteiger partial charge in [-0.05, 0) is 284 Å². The number of esters is 1. The van der Waals surface area contributed by atoms with Gasteiger partial charge in [0.25, 0.3) is 0 Å². The lowest BCUT2D eigenvalue weighted by molar-refractivity contribution is -0.138. The number of aromatic hydroxyl groups is 1. The summed E-state index contributed by atoms with van der Waals surface area (Å²) >= 11 is 11.6. The molecule has 4 aromatic heterocycles. The molecular weight excluding hydrogens is 1810 g/mol. The number of hydrogen-bond donors (Lipinski definition) is 5. The van der Waals surface area contributed by atoms with E-state index < -0.39 is 34.9 Å². The average molecular weight is 1950 g/mol. The van der Waals surface area contributed by atoms with Crippen molar-refractivity contribution in [2.24, 2.45) is 0 Å². The summed E-state index contributed by atoms with van der Waals surface area (Å²) in [5.74, 6) is -9.12. The summed E-state index contributed by atoms with van der Waals surface area (Å²) in [7, 11) is 0. The quantitative estimate of drug-likeness (QED) is 0.00808. The number of carbonyl (C=O) groups excluding carboxylic acids is 2. The van der Waals surface area contributed by atoms with Gasteiger partial charge in [-0.3, -0.25) is 4.79 Å². The lowest BCUT2D eigenvalue weighted by Gasteiger charge is -2.16. The van der Waals surface area contributed by atoms with E-state index in [1.807, 2.05) is 66.7 Å². The van der Waals surface area contributed by atoms with E-state index in [0.717, 1.165) is 66.4 Å². The number of unbranched alkanes of at least 4 members (excludes halogenated alkanes) is 8. The number of halogens is 9. The maximum atomic E-state index is 14.0. The van der Waals surface area contributed by atoms with Gasteiger partial charge in [0.05, 0.1) is 26.4 Å². The lowest BCUT2D eigenvalue weighted by Crippen LogP contribution is -2.18. The molecule has 5 N–H and O–H groups in total. The summed E-state index contributed by atoms with van der Waals surface area (Å²) < 4.78 is 134. The van der Waals surface area contributed by atoms with Crippen LogP contribution in [0.4, 0.5) is 35.1 Å². The van der Waals surface area contributed by atoms with Crippen molar-refractivity contribution in [3.8, 4) is 64.8 Å². The minimum atomic E-state index is -2.80. The third-order valence-electron chi connectivity index (χ3n) is 22.1. The van der Waals surface area contributed by atoms with Crippen LogP contribution in [0.2, 0.25) is 0 Å². The van der Waals surface area contributed by atoms with E-state index in [-0.39, 0.29) is 156 Å². The number of phenolic OH excluding ortho intramolecular Hbond substituents is 1. The Morgan fingerprint density at radius 1 is 0.321 bits per heavy atom. The summed E-state index contributed by atoms with van der Waals surface area (Å²) in [6.45, 7) is 15.2. The normalized spacial score (nSPS) is 11.5. The van der Waals surface area contributed by atoms with Crippen molar-refractivity contribution in [2.45, 2.75) is 257 Å². The summed E-state index contributed by atoms with van der Waals surface area (Å²) in [5.41, 5.74) is 10.5. The van der Waals surface area contributed by atoms with Crippen molar-refractivity contribution in [1.82, 2.24) is 0 Å². The number of aliphatic hydroxyl groups is 4. The van der Waals surface area contributed by atoms with Crippen LogP contribution < -0.4 is 14.2 Å². The lowest BCUT2D eigenvalue weighted by atomic mass is 10.0. The van der Waals surface area contributed by atoms with Gasteiger partial charge in [-0.15, -0.1) is 45.3 Å². The highest BCUT2D eigenvalue weighted by atomic mass is 35.5. The summed E-state index contributed by atoms with van der Waals surface area (Å²) in [6.07, 6.45) is 21.0. The molecule has 134 heavy (non-hydrogen) atoms. The predicted molar refractivity (Wildman–Crippen MR) is 544 cm³/mol. The fraction of sp³-hybridized carbons (Fsp3) is 0.436.